The van der Waals surface area contributed by atoms with Gasteiger partial charge in [0.2, 0.25) is 11.5 Å². The van der Waals surface area contributed by atoms with E-state index in [0.717, 1.165) is 6.07 Å². The van der Waals surface area contributed by atoms with Gasteiger partial charge in [0.15, 0.2) is 28.8 Å². The van der Waals surface area contributed by atoms with Crippen LogP contribution in [-0.2, 0) is 0 Å². The Hall–Kier alpha value is -2.98. The largest absolute Gasteiger partial charge is 0.346 e. The van der Waals surface area contributed by atoms with E-state index < -0.39 is 46.0 Å². The number of nitrogens with zero attached hydrogens (tertiary/aromatic N) is 2. The van der Waals surface area contributed by atoms with Crippen molar-refractivity contribution in [3.8, 4) is 0 Å². The molecule has 114 valence electrons. The van der Waals surface area contributed by atoms with Crippen molar-refractivity contribution >= 4 is 22.5 Å². The maximum atomic E-state index is 13.5. The summed E-state index contributed by atoms with van der Waals surface area (Å²) in [7, 11) is 0. The van der Waals surface area contributed by atoms with Crippen molar-refractivity contribution in [2.24, 2.45) is 0 Å². The van der Waals surface area contributed by atoms with Crippen molar-refractivity contribution in [3.05, 3.63) is 45.5 Å². The van der Waals surface area contributed by atoms with Crippen LogP contribution in [0, 0.1) is 29.1 Å². The number of hydrogen-bond acceptors (Lipinski definition) is 5. The smallest absolute Gasteiger partial charge is 0.273 e. The fraction of sp³-hybridized carbons (Fsp3) is 0. The minimum absolute atomic E-state index is 0.00553. The number of pyridine rings is 1. The zero-order valence-corrected chi connectivity index (χ0v) is 10.2. The van der Waals surface area contributed by atoms with Gasteiger partial charge in [-0.2, -0.15) is 0 Å². The minimum Gasteiger partial charge on any atom is -0.346 e. The molecule has 6 nitrogen and oxygen atoms in total. The summed E-state index contributed by atoms with van der Waals surface area (Å²) in [6.45, 7) is 0. The fourth-order valence-corrected chi connectivity index (χ4v) is 1.70. The number of H-pyrrole nitrogens is 1. The molecular weight excluding hydrogens is 315 g/mol. The molecule has 0 saturated carbocycles. The highest BCUT2D eigenvalue weighted by atomic mass is 19.2. The first-order valence-electron chi connectivity index (χ1n) is 5.54. The van der Waals surface area contributed by atoms with Gasteiger partial charge in [-0.25, -0.2) is 26.6 Å². The standard InChI is InChI=1S/C11H3F5N4O2/c12-4-5(13)7(15)9(8(16)6(4)14)17-3-1-2-10(18-11(3)21)20-22-19-2/h1,17H,(H,18,20,21). The van der Waals surface area contributed by atoms with Crippen LogP contribution in [0.15, 0.2) is 15.5 Å². The Bertz CT molecular complexity index is 923. The lowest BCUT2D eigenvalue weighted by molar-refractivity contribution is 0.314. The van der Waals surface area contributed by atoms with Crippen molar-refractivity contribution < 1.29 is 26.6 Å². The molecule has 0 amide bonds. The monoisotopic (exact) mass is 318 g/mol. The average Bonchev–Trinajstić information content (AvgIpc) is 2.94. The van der Waals surface area contributed by atoms with Gasteiger partial charge >= 0.3 is 0 Å². The Morgan fingerprint density at radius 2 is 1.55 bits per heavy atom. The van der Waals surface area contributed by atoms with Gasteiger partial charge in [-0.3, -0.25) is 4.79 Å². The van der Waals surface area contributed by atoms with E-state index in [2.05, 4.69) is 19.9 Å². The number of nitrogens with one attached hydrogen (secondary N) is 2. The zero-order valence-electron chi connectivity index (χ0n) is 10.2. The summed E-state index contributed by atoms with van der Waals surface area (Å²) >= 11 is 0. The zero-order chi connectivity index (χ0) is 16.0. The van der Waals surface area contributed by atoms with Gasteiger partial charge in [0, 0.05) is 6.07 Å². The molecule has 2 heterocycles. The lowest BCUT2D eigenvalue weighted by atomic mass is 10.2. The fourth-order valence-electron chi connectivity index (χ4n) is 1.70. The Kier molecular flexibility index (Phi) is 3.04. The van der Waals surface area contributed by atoms with Crippen molar-refractivity contribution in [3.63, 3.8) is 0 Å². The highest BCUT2D eigenvalue weighted by Gasteiger charge is 2.26. The first-order valence-corrected chi connectivity index (χ1v) is 5.54. The molecule has 0 aliphatic heterocycles. The molecule has 0 radical (unpaired) electrons. The molecule has 3 rings (SSSR count). The Morgan fingerprint density at radius 1 is 0.955 bits per heavy atom. The van der Waals surface area contributed by atoms with E-state index in [1.807, 2.05) is 5.32 Å². The minimum atomic E-state index is -2.30. The van der Waals surface area contributed by atoms with E-state index in [1.54, 1.807) is 0 Å². The normalized spacial score (nSPS) is 11.1. The second-order valence-corrected chi connectivity index (χ2v) is 4.08. The van der Waals surface area contributed by atoms with E-state index in [9.17, 15) is 26.7 Å². The topological polar surface area (TPSA) is 83.8 Å². The Labute approximate surface area is 116 Å². The molecule has 1 aromatic carbocycles. The van der Waals surface area contributed by atoms with Gasteiger partial charge in [-0.1, -0.05) is 0 Å². The van der Waals surface area contributed by atoms with E-state index in [-0.39, 0.29) is 11.2 Å². The molecule has 11 heteroatoms. The van der Waals surface area contributed by atoms with Crippen molar-refractivity contribution in [2.75, 3.05) is 5.32 Å². The third-order valence-electron chi connectivity index (χ3n) is 2.74. The van der Waals surface area contributed by atoms with Crippen LogP contribution >= 0.6 is 0 Å². The van der Waals surface area contributed by atoms with E-state index in [4.69, 9.17) is 0 Å². The summed E-state index contributed by atoms with van der Waals surface area (Å²) in [5.41, 5.74) is -2.84. The summed E-state index contributed by atoms with van der Waals surface area (Å²) in [6, 6.07) is 0.975. The van der Waals surface area contributed by atoms with Gasteiger partial charge in [-0.15, -0.1) is 0 Å². The second kappa shape index (κ2) is 4.79. The number of anilines is 2. The number of rotatable bonds is 2. The average molecular weight is 318 g/mol. The third kappa shape index (κ3) is 1.98. The lowest BCUT2D eigenvalue weighted by Crippen LogP contribution is -2.14. The summed E-state index contributed by atoms with van der Waals surface area (Å²) in [6.07, 6.45) is 0. The Balaban J connectivity index is 2.16. The predicted molar refractivity (Wildman–Crippen MR) is 61.9 cm³/mol. The number of aromatic amines is 1. The molecule has 2 aromatic heterocycles. The molecule has 22 heavy (non-hydrogen) atoms. The van der Waals surface area contributed by atoms with E-state index >= 15 is 0 Å². The first-order chi connectivity index (χ1) is 10.4. The molecule has 0 saturated heterocycles. The second-order valence-electron chi connectivity index (χ2n) is 4.08. The maximum Gasteiger partial charge on any atom is 0.273 e. The summed E-state index contributed by atoms with van der Waals surface area (Å²) in [4.78, 5) is 13.8. The molecule has 3 aromatic rings. The SMILES string of the molecule is O=c1[nH]c2nonc2cc1Nc1c(F)c(F)c(F)c(F)c1F. The van der Waals surface area contributed by atoms with Gasteiger partial charge in [-0.05, 0) is 10.3 Å². The first kappa shape index (κ1) is 14.0. The van der Waals surface area contributed by atoms with Crippen LogP contribution in [0.3, 0.4) is 0 Å². The lowest BCUT2D eigenvalue weighted by Gasteiger charge is -2.09. The van der Waals surface area contributed by atoms with Crippen LogP contribution in [0.2, 0.25) is 0 Å². The predicted octanol–water partition coefficient (Wildman–Crippen LogP) is 2.35. The molecule has 0 unspecified atom stereocenters. The summed E-state index contributed by atoms with van der Waals surface area (Å²) in [5, 5.41) is 8.53. The van der Waals surface area contributed by atoms with Gasteiger partial charge in [0.05, 0.1) is 0 Å². The summed E-state index contributed by atoms with van der Waals surface area (Å²) < 4.78 is 70.5. The van der Waals surface area contributed by atoms with Crippen LogP contribution < -0.4 is 10.9 Å². The molecule has 0 spiro atoms. The quantitative estimate of drug-likeness (QED) is 0.430. The number of aromatic nitrogens is 3. The van der Waals surface area contributed by atoms with Gasteiger partial charge < -0.3 is 10.3 Å². The molecule has 0 aliphatic rings. The van der Waals surface area contributed by atoms with Crippen LogP contribution in [-0.4, -0.2) is 15.3 Å². The van der Waals surface area contributed by atoms with Crippen LogP contribution in [0.25, 0.3) is 11.2 Å². The van der Waals surface area contributed by atoms with Crippen molar-refractivity contribution in [1.29, 1.82) is 0 Å². The maximum absolute atomic E-state index is 13.5. The van der Waals surface area contributed by atoms with Crippen LogP contribution in [0.5, 0.6) is 0 Å². The molecule has 0 atom stereocenters. The molecule has 0 aliphatic carbocycles. The van der Waals surface area contributed by atoms with Crippen molar-refractivity contribution in [1.82, 2.24) is 15.3 Å². The Morgan fingerprint density at radius 3 is 2.18 bits per heavy atom. The number of hydrogen-bond donors (Lipinski definition) is 2. The third-order valence-corrected chi connectivity index (χ3v) is 2.74. The highest BCUT2D eigenvalue weighted by Crippen LogP contribution is 2.29. The van der Waals surface area contributed by atoms with Crippen molar-refractivity contribution in [2.45, 2.75) is 0 Å². The highest BCUT2D eigenvalue weighted by molar-refractivity contribution is 5.75. The van der Waals surface area contributed by atoms with Crippen LogP contribution in [0.4, 0.5) is 33.3 Å². The number of benzene rings is 1. The van der Waals surface area contributed by atoms with Crippen LogP contribution in [0.1, 0.15) is 0 Å². The van der Waals surface area contributed by atoms with Gasteiger partial charge in [0.1, 0.15) is 11.4 Å². The van der Waals surface area contributed by atoms with Gasteiger partial charge in [0.25, 0.3) is 5.56 Å². The number of halogens is 5. The van der Waals surface area contributed by atoms with E-state index in [1.165, 1.54) is 0 Å². The summed E-state index contributed by atoms with van der Waals surface area (Å²) in [5.74, 6) is -10.8. The molecule has 0 bridgehead atoms. The molecular formula is C11H3F5N4O2. The van der Waals surface area contributed by atoms with E-state index in [0.29, 0.717) is 0 Å². The number of fused-ring (bicyclic) bond motifs is 1. The molecule has 2 N–H and O–H groups in total. The molecule has 0 fully saturated rings.